The first-order chi connectivity index (χ1) is 12.4. The molecule has 0 spiro atoms. The quantitative estimate of drug-likeness (QED) is 0.502. The predicted molar refractivity (Wildman–Crippen MR) is 101 cm³/mol. The fourth-order valence-corrected chi connectivity index (χ4v) is 3.17. The Labute approximate surface area is 153 Å². The Kier molecular flexibility index (Phi) is 3.81. The van der Waals surface area contributed by atoms with Crippen LogP contribution >= 0.6 is 11.6 Å². The summed E-state index contributed by atoms with van der Waals surface area (Å²) in [5.74, 6) is -0.169. The van der Waals surface area contributed by atoms with Crippen molar-refractivity contribution in [1.29, 1.82) is 0 Å². The van der Waals surface area contributed by atoms with Crippen molar-refractivity contribution in [3.8, 4) is 0 Å². The SMILES string of the molecule is Cc1cc(=O)oc2cc(NC(=O)c3oc4ccc(Cl)cc4c3C)ccc12. The summed E-state index contributed by atoms with van der Waals surface area (Å²) in [5.41, 5.74) is 2.62. The molecule has 26 heavy (non-hydrogen) atoms. The summed E-state index contributed by atoms with van der Waals surface area (Å²) in [5, 5.41) is 4.97. The van der Waals surface area contributed by atoms with E-state index in [1.54, 1.807) is 43.3 Å². The first-order valence-corrected chi connectivity index (χ1v) is 8.35. The lowest BCUT2D eigenvalue weighted by Gasteiger charge is -2.06. The third kappa shape index (κ3) is 2.76. The van der Waals surface area contributed by atoms with Gasteiger partial charge < -0.3 is 14.2 Å². The van der Waals surface area contributed by atoms with Crippen molar-refractivity contribution < 1.29 is 13.6 Å². The Bertz CT molecular complexity index is 1240. The smallest absolute Gasteiger partial charge is 0.336 e. The van der Waals surface area contributed by atoms with Gasteiger partial charge in [0.1, 0.15) is 11.2 Å². The van der Waals surface area contributed by atoms with Crippen molar-refractivity contribution in [2.75, 3.05) is 5.32 Å². The zero-order valence-electron chi connectivity index (χ0n) is 14.1. The molecule has 0 aliphatic rings. The van der Waals surface area contributed by atoms with Crippen LogP contribution in [0.1, 0.15) is 21.7 Å². The average molecular weight is 368 g/mol. The van der Waals surface area contributed by atoms with Gasteiger partial charge in [0, 0.05) is 39.2 Å². The number of aryl methyl sites for hydroxylation is 2. The van der Waals surface area contributed by atoms with Crippen LogP contribution in [-0.4, -0.2) is 5.91 Å². The van der Waals surface area contributed by atoms with Crippen molar-refractivity contribution in [2.24, 2.45) is 0 Å². The van der Waals surface area contributed by atoms with Gasteiger partial charge in [0.15, 0.2) is 5.76 Å². The highest BCUT2D eigenvalue weighted by Crippen LogP contribution is 2.29. The molecule has 1 amide bonds. The number of fused-ring (bicyclic) bond motifs is 2. The van der Waals surface area contributed by atoms with Crippen LogP contribution in [0.2, 0.25) is 5.02 Å². The molecule has 0 unspecified atom stereocenters. The molecular weight excluding hydrogens is 354 g/mol. The molecule has 4 aromatic rings. The molecule has 0 fully saturated rings. The Hall–Kier alpha value is -3.05. The largest absolute Gasteiger partial charge is 0.451 e. The number of rotatable bonds is 2. The first kappa shape index (κ1) is 16.4. The van der Waals surface area contributed by atoms with Gasteiger partial charge in [0.05, 0.1) is 0 Å². The monoisotopic (exact) mass is 367 g/mol. The minimum Gasteiger partial charge on any atom is -0.451 e. The van der Waals surface area contributed by atoms with E-state index in [4.69, 9.17) is 20.4 Å². The van der Waals surface area contributed by atoms with Gasteiger partial charge in [0.2, 0.25) is 0 Å². The highest BCUT2D eigenvalue weighted by Gasteiger charge is 2.18. The van der Waals surface area contributed by atoms with Gasteiger partial charge in [-0.15, -0.1) is 0 Å². The van der Waals surface area contributed by atoms with Gasteiger partial charge in [-0.05, 0) is 49.7 Å². The maximum Gasteiger partial charge on any atom is 0.336 e. The van der Waals surface area contributed by atoms with E-state index in [0.717, 1.165) is 16.3 Å². The van der Waals surface area contributed by atoms with Crippen molar-refractivity contribution >= 4 is 45.1 Å². The normalized spacial score (nSPS) is 11.2. The predicted octanol–water partition coefficient (Wildman–Crippen LogP) is 5.06. The number of halogens is 1. The summed E-state index contributed by atoms with van der Waals surface area (Å²) in [4.78, 5) is 24.2. The van der Waals surface area contributed by atoms with E-state index in [2.05, 4.69) is 5.32 Å². The molecular formula is C20H14ClNO4. The lowest BCUT2D eigenvalue weighted by molar-refractivity contribution is 0.0998. The fourth-order valence-electron chi connectivity index (χ4n) is 3.00. The molecule has 0 bridgehead atoms. The summed E-state index contributed by atoms with van der Waals surface area (Å²) in [6.45, 7) is 3.64. The zero-order valence-corrected chi connectivity index (χ0v) is 14.8. The maximum absolute atomic E-state index is 12.6. The second kappa shape index (κ2) is 6.04. The number of hydrogen-bond donors (Lipinski definition) is 1. The summed E-state index contributed by atoms with van der Waals surface area (Å²) in [6, 6.07) is 11.8. The van der Waals surface area contributed by atoms with Crippen LogP contribution in [0.4, 0.5) is 5.69 Å². The highest BCUT2D eigenvalue weighted by molar-refractivity contribution is 6.31. The molecule has 2 aromatic carbocycles. The number of amides is 1. The Morgan fingerprint density at radius 3 is 2.58 bits per heavy atom. The molecule has 0 aliphatic heterocycles. The number of nitrogens with one attached hydrogen (secondary N) is 1. The first-order valence-electron chi connectivity index (χ1n) is 7.97. The minimum atomic E-state index is -0.427. The average Bonchev–Trinajstić information content (AvgIpc) is 2.91. The number of anilines is 1. The number of hydrogen-bond acceptors (Lipinski definition) is 4. The fraction of sp³-hybridized carbons (Fsp3) is 0.100. The van der Waals surface area contributed by atoms with Gasteiger partial charge in [-0.25, -0.2) is 4.79 Å². The van der Waals surface area contributed by atoms with Crippen molar-refractivity contribution in [3.63, 3.8) is 0 Å². The molecule has 0 atom stereocenters. The third-order valence-electron chi connectivity index (χ3n) is 4.31. The minimum absolute atomic E-state index is 0.216. The van der Waals surface area contributed by atoms with E-state index in [-0.39, 0.29) is 11.7 Å². The van der Waals surface area contributed by atoms with E-state index >= 15 is 0 Å². The van der Waals surface area contributed by atoms with Gasteiger partial charge in [-0.3, -0.25) is 4.79 Å². The summed E-state index contributed by atoms with van der Waals surface area (Å²) < 4.78 is 10.9. The van der Waals surface area contributed by atoms with Crippen LogP contribution in [0, 0.1) is 13.8 Å². The molecule has 2 aromatic heterocycles. The van der Waals surface area contributed by atoms with Gasteiger partial charge in [-0.1, -0.05) is 11.6 Å². The van der Waals surface area contributed by atoms with E-state index < -0.39 is 5.63 Å². The third-order valence-corrected chi connectivity index (χ3v) is 4.55. The Balaban J connectivity index is 1.71. The second-order valence-electron chi connectivity index (χ2n) is 6.11. The standard InChI is InChI=1S/C20H14ClNO4/c1-10-7-18(23)25-17-9-13(4-5-14(10)17)22-20(24)19-11(2)15-8-12(21)3-6-16(15)26-19/h3-9H,1-2H3,(H,22,24). The topological polar surface area (TPSA) is 72.5 Å². The number of benzene rings is 2. The molecule has 0 radical (unpaired) electrons. The van der Waals surface area contributed by atoms with Crippen LogP contribution < -0.4 is 10.9 Å². The van der Waals surface area contributed by atoms with Crippen molar-refractivity contribution in [2.45, 2.75) is 13.8 Å². The summed E-state index contributed by atoms with van der Waals surface area (Å²) in [6.07, 6.45) is 0. The van der Waals surface area contributed by atoms with Crippen molar-refractivity contribution in [3.05, 3.63) is 74.8 Å². The molecule has 4 rings (SSSR count). The van der Waals surface area contributed by atoms with Crippen LogP contribution in [-0.2, 0) is 0 Å². The van der Waals surface area contributed by atoms with Crippen LogP contribution in [0.5, 0.6) is 0 Å². The number of carbonyl (C=O) groups excluding carboxylic acids is 1. The molecule has 0 saturated carbocycles. The number of carbonyl (C=O) groups is 1. The van der Waals surface area contributed by atoms with E-state index in [1.807, 2.05) is 6.92 Å². The Morgan fingerprint density at radius 2 is 1.77 bits per heavy atom. The van der Waals surface area contributed by atoms with Crippen LogP contribution in [0.25, 0.3) is 21.9 Å². The highest BCUT2D eigenvalue weighted by atomic mass is 35.5. The van der Waals surface area contributed by atoms with Gasteiger partial charge >= 0.3 is 5.63 Å². The maximum atomic E-state index is 12.6. The molecule has 130 valence electrons. The zero-order chi connectivity index (χ0) is 18.4. The molecule has 0 aliphatic carbocycles. The van der Waals surface area contributed by atoms with Gasteiger partial charge in [0.25, 0.3) is 5.91 Å². The lowest BCUT2D eigenvalue weighted by Crippen LogP contribution is -2.12. The van der Waals surface area contributed by atoms with E-state index in [9.17, 15) is 9.59 Å². The summed E-state index contributed by atoms with van der Waals surface area (Å²) >= 11 is 6.01. The molecule has 1 N–H and O–H groups in total. The molecule has 5 nitrogen and oxygen atoms in total. The molecule has 6 heteroatoms. The van der Waals surface area contributed by atoms with Crippen LogP contribution in [0.15, 0.2) is 56.1 Å². The van der Waals surface area contributed by atoms with Crippen molar-refractivity contribution in [1.82, 2.24) is 0 Å². The molecule has 2 heterocycles. The van der Waals surface area contributed by atoms with E-state index in [0.29, 0.717) is 27.4 Å². The number of furan rings is 1. The Morgan fingerprint density at radius 1 is 0.962 bits per heavy atom. The molecule has 0 saturated heterocycles. The summed E-state index contributed by atoms with van der Waals surface area (Å²) in [7, 11) is 0. The van der Waals surface area contributed by atoms with E-state index in [1.165, 1.54) is 6.07 Å². The van der Waals surface area contributed by atoms with Crippen LogP contribution in [0.3, 0.4) is 0 Å². The lowest BCUT2D eigenvalue weighted by atomic mass is 10.1. The second-order valence-corrected chi connectivity index (χ2v) is 6.55. The van der Waals surface area contributed by atoms with Gasteiger partial charge in [-0.2, -0.15) is 0 Å².